The van der Waals surface area contributed by atoms with Crippen molar-refractivity contribution in [1.82, 2.24) is 4.90 Å². The van der Waals surface area contributed by atoms with E-state index < -0.39 is 23.4 Å². The number of para-hydroxylation sites is 1. The Labute approximate surface area is 180 Å². The van der Waals surface area contributed by atoms with Crippen molar-refractivity contribution in [3.05, 3.63) is 58.3 Å². The summed E-state index contributed by atoms with van der Waals surface area (Å²) >= 11 is 1.38. The summed E-state index contributed by atoms with van der Waals surface area (Å²) in [5, 5.41) is 1.87. The number of fused-ring (bicyclic) bond motifs is 5. The zero-order chi connectivity index (χ0) is 21.4. The fourth-order valence-electron chi connectivity index (χ4n) is 5.32. The van der Waals surface area contributed by atoms with Crippen molar-refractivity contribution in [2.45, 2.75) is 45.3 Å². The summed E-state index contributed by atoms with van der Waals surface area (Å²) in [6.07, 6.45) is 2.07. The van der Waals surface area contributed by atoms with Gasteiger partial charge in [-0.05, 0) is 50.8 Å². The average Bonchev–Trinajstić information content (AvgIpc) is 3.38. The minimum atomic E-state index is -0.687. The molecule has 0 aliphatic carbocycles. The minimum Gasteiger partial charge on any atom is -0.352 e. The Morgan fingerprint density at radius 2 is 1.70 bits per heavy atom. The van der Waals surface area contributed by atoms with Crippen molar-refractivity contribution >= 4 is 40.2 Å². The van der Waals surface area contributed by atoms with E-state index >= 15 is 0 Å². The molecule has 0 saturated carbocycles. The maximum absolute atomic E-state index is 13.7. The number of benzene rings is 1. The number of carbonyl (C=O) groups is 3. The first-order chi connectivity index (χ1) is 14.2. The molecule has 0 bridgehead atoms. The van der Waals surface area contributed by atoms with E-state index in [1.165, 1.54) is 16.2 Å². The summed E-state index contributed by atoms with van der Waals surface area (Å²) in [7, 11) is 0. The molecule has 2 saturated heterocycles. The van der Waals surface area contributed by atoms with Crippen molar-refractivity contribution in [3.8, 4) is 0 Å². The molecule has 4 heterocycles. The number of imide groups is 1. The summed E-state index contributed by atoms with van der Waals surface area (Å²) in [6, 6.07) is 10.6. The second kappa shape index (κ2) is 6.38. The summed E-state index contributed by atoms with van der Waals surface area (Å²) in [5.41, 5.74) is 2.43. The Morgan fingerprint density at radius 1 is 1.00 bits per heavy atom. The number of anilines is 1. The van der Waals surface area contributed by atoms with Gasteiger partial charge in [-0.15, -0.1) is 11.3 Å². The Morgan fingerprint density at radius 3 is 2.37 bits per heavy atom. The van der Waals surface area contributed by atoms with Gasteiger partial charge in [-0.3, -0.25) is 19.3 Å². The van der Waals surface area contributed by atoms with Crippen molar-refractivity contribution in [1.29, 1.82) is 0 Å². The lowest BCUT2D eigenvalue weighted by atomic mass is 9.86. The van der Waals surface area contributed by atoms with Crippen molar-refractivity contribution in [2.24, 2.45) is 11.8 Å². The molecule has 2 amide bonds. The highest BCUT2D eigenvalue weighted by atomic mass is 32.1. The molecule has 3 aliphatic heterocycles. The number of carbonyl (C=O) groups excluding carboxylic acids is 3. The third kappa shape index (κ3) is 2.49. The number of hydrogen-bond donors (Lipinski definition) is 0. The molecular weight excluding hydrogens is 396 g/mol. The van der Waals surface area contributed by atoms with Crippen LogP contribution in [-0.4, -0.2) is 40.1 Å². The van der Waals surface area contributed by atoms with Gasteiger partial charge in [-0.1, -0.05) is 30.3 Å². The monoisotopic (exact) mass is 420 g/mol. The number of amides is 2. The number of ketones is 1. The SMILES string of the molecule is CC1=C[C@@H]2[C@@H]3C(=O)N(C(C)(C)C)C(=O)[C@@H]3[C@H](C(=O)c3cccs3)N2c2ccccc21. The van der Waals surface area contributed by atoms with Crippen LogP contribution in [0.5, 0.6) is 0 Å². The van der Waals surface area contributed by atoms with E-state index in [1.807, 2.05) is 68.3 Å². The number of Topliss-reactive ketones (excluding diaryl/α,β-unsaturated/α-hetero) is 1. The van der Waals surface area contributed by atoms with Crippen LogP contribution in [0.1, 0.15) is 42.9 Å². The van der Waals surface area contributed by atoms with Gasteiger partial charge in [-0.25, -0.2) is 0 Å². The Kier molecular flexibility index (Phi) is 4.09. The zero-order valence-electron chi connectivity index (χ0n) is 17.5. The standard InChI is InChI=1S/C24H24N2O3S/c1-13-12-16-18-19(23(29)26(22(18)28)24(2,3)4)20(21(27)17-10-7-11-30-17)25(16)15-9-6-5-8-14(13)15/h5-12,16,18-20H,1-4H3/t16-,18+,19+,20-/m1/s1. The van der Waals surface area contributed by atoms with Crippen molar-refractivity contribution in [2.75, 3.05) is 4.90 Å². The molecule has 4 atom stereocenters. The molecule has 5 nitrogen and oxygen atoms in total. The number of rotatable bonds is 2. The van der Waals surface area contributed by atoms with E-state index in [-0.39, 0.29) is 23.6 Å². The third-order valence-electron chi connectivity index (χ3n) is 6.46. The number of likely N-dealkylation sites (tertiary alicyclic amines) is 1. The van der Waals surface area contributed by atoms with Gasteiger partial charge in [0.1, 0.15) is 6.04 Å². The average molecular weight is 421 g/mol. The first-order valence-electron chi connectivity index (χ1n) is 10.2. The third-order valence-corrected chi connectivity index (χ3v) is 7.34. The number of thiophene rings is 1. The summed E-state index contributed by atoms with van der Waals surface area (Å²) in [5.74, 6) is -1.70. The van der Waals surface area contributed by atoms with Crippen LogP contribution in [-0.2, 0) is 9.59 Å². The molecule has 2 fully saturated rings. The normalized spacial score (nSPS) is 27.7. The molecule has 6 heteroatoms. The predicted octanol–water partition coefficient (Wildman–Crippen LogP) is 4.00. The quantitative estimate of drug-likeness (QED) is 0.544. The van der Waals surface area contributed by atoms with Crippen molar-refractivity contribution in [3.63, 3.8) is 0 Å². The molecule has 0 N–H and O–H groups in total. The molecule has 5 rings (SSSR count). The van der Waals surface area contributed by atoms with Crippen LogP contribution in [0.4, 0.5) is 5.69 Å². The highest BCUT2D eigenvalue weighted by Crippen LogP contribution is 2.51. The summed E-state index contributed by atoms with van der Waals surface area (Å²) in [4.78, 5) is 44.8. The fraction of sp³-hybridized carbons (Fsp3) is 0.375. The fourth-order valence-corrected chi connectivity index (χ4v) is 6.02. The largest absolute Gasteiger partial charge is 0.352 e. The molecular formula is C24H24N2O3S. The van der Waals surface area contributed by atoms with Gasteiger partial charge in [0.15, 0.2) is 5.78 Å². The lowest BCUT2D eigenvalue weighted by Gasteiger charge is -2.39. The number of allylic oxidation sites excluding steroid dienone is 1. The predicted molar refractivity (Wildman–Crippen MR) is 117 cm³/mol. The van der Waals surface area contributed by atoms with Crippen LogP contribution in [0.3, 0.4) is 0 Å². The molecule has 2 aromatic rings. The molecule has 0 unspecified atom stereocenters. The van der Waals surface area contributed by atoms with Crippen molar-refractivity contribution < 1.29 is 14.4 Å². The lowest BCUT2D eigenvalue weighted by molar-refractivity contribution is -0.145. The summed E-state index contributed by atoms with van der Waals surface area (Å²) in [6.45, 7) is 7.64. The van der Waals surface area contributed by atoms with E-state index in [9.17, 15) is 14.4 Å². The first-order valence-corrected chi connectivity index (χ1v) is 11.1. The van der Waals surface area contributed by atoms with Gasteiger partial charge in [0, 0.05) is 16.8 Å². The van der Waals surface area contributed by atoms with Crippen LogP contribution >= 0.6 is 11.3 Å². The molecule has 3 aliphatic rings. The second-order valence-electron chi connectivity index (χ2n) is 9.29. The molecule has 0 radical (unpaired) electrons. The zero-order valence-corrected chi connectivity index (χ0v) is 18.3. The van der Waals surface area contributed by atoms with Gasteiger partial charge in [0.25, 0.3) is 0 Å². The van der Waals surface area contributed by atoms with Crippen LogP contribution in [0, 0.1) is 11.8 Å². The summed E-state index contributed by atoms with van der Waals surface area (Å²) < 4.78 is 0. The van der Waals surface area contributed by atoms with Gasteiger partial charge in [-0.2, -0.15) is 0 Å². The highest BCUT2D eigenvalue weighted by molar-refractivity contribution is 7.12. The smallest absolute Gasteiger partial charge is 0.236 e. The molecule has 30 heavy (non-hydrogen) atoms. The second-order valence-corrected chi connectivity index (χ2v) is 10.2. The highest BCUT2D eigenvalue weighted by Gasteiger charge is 2.65. The molecule has 1 aromatic carbocycles. The molecule has 1 aromatic heterocycles. The van der Waals surface area contributed by atoms with E-state index in [4.69, 9.17) is 0 Å². The molecule has 0 spiro atoms. The first kappa shape index (κ1) is 19.2. The minimum absolute atomic E-state index is 0.0813. The maximum Gasteiger partial charge on any atom is 0.236 e. The Hall–Kier alpha value is -2.73. The molecule has 154 valence electrons. The number of nitrogens with zero attached hydrogens (tertiary/aromatic N) is 2. The van der Waals surface area contributed by atoms with Crippen LogP contribution < -0.4 is 4.90 Å². The van der Waals surface area contributed by atoms with E-state index in [1.54, 1.807) is 6.07 Å². The van der Waals surface area contributed by atoms with E-state index in [0.717, 1.165) is 16.8 Å². The van der Waals surface area contributed by atoms with Crippen LogP contribution in [0.25, 0.3) is 5.57 Å². The topological polar surface area (TPSA) is 57.7 Å². The van der Waals surface area contributed by atoms with Crippen LogP contribution in [0.2, 0.25) is 0 Å². The van der Waals surface area contributed by atoms with Gasteiger partial charge < -0.3 is 4.90 Å². The Balaban J connectivity index is 1.71. The Bertz CT molecular complexity index is 1100. The number of hydrogen-bond acceptors (Lipinski definition) is 5. The van der Waals surface area contributed by atoms with Crippen LogP contribution in [0.15, 0.2) is 47.9 Å². The maximum atomic E-state index is 13.7. The van der Waals surface area contributed by atoms with Gasteiger partial charge in [0.2, 0.25) is 11.8 Å². The van der Waals surface area contributed by atoms with Gasteiger partial charge >= 0.3 is 0 Å². The van der Waals surface area contributed by atoms with Gasteiger partial charge in [0.05, 0.1) is 22.8 Å². The van der Waals surface area contributed by atoms with E-state index in [0.29, 0.717) is 4.88 Å². The van der Waals surface area contributed by atoms with E-state index in [2.05, 4.69) is 6.08 Å². The lowest BCUT2D eigenvalue weighted by Crippen LogP contribution is -2.52.